The van der Waals surface area contributed by atoms with E-state index >= 15 is 0 Å². The van der Waals surface area contributed by atoms with Crippen molar-refractivity contribution >= 4 is 28.5 Å². The van der Waals surface area contributed by atoms with Crippen LogP contribution < -0.4 is 5.32 Å². The van der Waals surface area contributed by atoms with E-state index in [-0.39, 0.29) is 11.9 Å². The summed E-state index contributed by atoms with van der Waals surface area (Å²) in [5, 5.41) is 2.93. The zero-order valence-corrected chi connectivity index (χ0v) is 11.6. The Bertz CT molecular complexity index is 635. The lowest BCUT2D eigenvalue weighted by atomic mass is 10.1. The maximum atomic E-state index is 12.1. The molecule has 1 unspecified atom stereocenters. The van der Waals surface area contributed by atoms with E-state index < -0.39 is 0 Å². The molecule has 0 radical (unpaired) electrons. The molecule has 1 amide bonds. The van der Waals surface area contributed by atoms with Gasteiger partial charge in [0.15, 0.2) is 0 Å². The van der Waals surface area contributed by atoms with Crippen LogP contribution in [-0.4, -0.2) is 22.0 Å². The van der Waals surface area contributed by atoms with Gasteiger partial charge in [-0.15, -0.1) is 11.6 Å². The van der Waals surface area contributed by atoms with Gasteiger partial charge in [-0.3, -0.25) is 4.79 Å². The number of rotatable bonds is 2. The fourth-order valence-electron chi connectivity index (χ4n) is 2.80. The summed E-state index contributed by atoms with van der Waals surface area (Å²) in [4.78, 5) is 16.7. The Morgan fingerprint density at radius 1 is 1.53 bits per heavy atom. The molecular formula is C14H16ClN3O. The number of halogens is 1. The third kappa shape index (κ3) is 2.00. The molecule has 19 heavy (non-hydrogen) atoms. The number of nitrogens with one attached hydrogen (secondary N) is 1. The number of aromatic nitrogens is 2. The molecule has 5 heteroatoms. The fraction of sp³-hybridized carbons (Fsp3) is 0.429. The van der Waals surface area contributed by atoms with E-state index in [0.29, 0.717) is 5.88 Å². The number of carbonyl (C=O) groups excluding carboxylic acids is 1. The lowest BCUT2D eigenvalue weighted by molar-refractivity contribution is -0.125. The summed E-state index contributed by atoms with van der Waals surface area (Å²) in [7, 11) is 0. The summed E-state index contributed by atoms with van der Waals surface area (Å²) < 4.78 is 2.02. The van der Waals surface area contributed by atoms with E-state index in [1.807, 2.05) is 29.7 Å². The molecule has 0 aliphatic carbocycles. The van der Waals surface area contributed by atoms with Crippen LogP contribution in [0.3, 0.4) is 0 Å². The van der Waals surface area contributed by atoms with Gasteiger partial charge in [0.25, 0.3) is 0 Å². The second-order valence-corrected chi connectivity index (χ2v) is 5.19. The van der Waals surface area contributed by atoms with E-state index in [1.54, 1.807) is 0 Å². The van der Waals surface area contributed by atoms with E-state index in [4.69, 9.17) is 11.6 Å². The Labute approximate surface area is 116 Å². The maximum Gasteiger partial charge on any atom is 0.243 e. The molecule has 1 fully saturated rings. The summed E-state index contributed by atoms with van der Waals surface area (Å²) >= 11 is 6.01. The highest BCUT2D eigenvalue weighted by Crippen LogP contribution is 2.28. The summed E-state index contributed by atoms with van der Waals surface area (Å²) in [5.74, 6) is 1.16. The quantitative estimate of drug-likeness (QED) is 0.858. The Morgan fingerprint density at radius 2 is 2.37 bits per heavy atom. The van der Waals surface area contributed by atoms with Gasteiger partial charge in [-0.05, 0) is 31.4 Å². The fourth-order valence-corrected chi connectivity index (χ4v) is 2.99. The molecule has 100 valence electrons. The molecule has 3 rings (SSSR count). The molecule has 0 spiro atoms. The highest BCUT2D eigenvalue weighted by Gasteiger charge is 2.27. The number of para-hydroxylation sites is 1. The number of fused-ring (bicyclic) bond motifs is 1. The average Bonchev–Trinajstić information content (AvgIpc) is 2.79. The van der Waals surface area contributed by atoms with Crippen LogP contribution in [0, 0.1) is 6.92 Å². The largest absolute Gasteiger partial charge is 0.354 e. The number of piperidine rings is 1. The molecule has 2 aromatic rings. The van der Waals surface area contributed by atoms with Gasteiger partial charge in [-0.25, -0.2) is 4.98 Å². The molecular weight excluding hydrogens is 262 g/mol. The minimum Gasteiger partial charge on any atom is -0.354 e. The molecule has 1 atom stereocenters. The number of hydrogen-bond donors (Lipinski definition) is 1. The SMILES string of the molecule is Cc1cccc2nc(CCl)n(C3CCCNC3=O)c12. The van der Waals surface area contributed by atoms with Gasteiger partial charge in [-0.2, -0.15) is 0 Å². The second kappa shape index (κ2) is 4.85. The first-order chi connectivity index (χ1) is 9.22. The minimum absolute atomic E-state index is 0.0696. The van der Waals surface area contributed by atoms with Crippen molar-refractivity contribution in [2.45, 2.75) is 31.7 Å². The summed E-state index contributed by atoms with van der Waals surface area (Å²) in [5.41, 5.74) is 3.06. The van der Waals surface area contributed by atoms with Crippen LogP contribution in [0.2, 0.25) is 0 Å². The van der Waals surface area contributed by atoms with Crippen molar-refractivity contribution in [2.24, 2.45) is 0 Å². The summed E-state index contributed by atoms with van der Waals surface area (Å²) in [6.45, 7) is 2.80. The molecule has 1 saturated heterocycles. The van der Waals surface area contributed by atoms with E-state index in [9.17, 15) is 4.79 Å². The molecule has 4 nitrogen and oxygen atoms in total. The van der Waals surface area contributed by atoms with Gasteiger partial charge in [0.05, 0.1) is 16.9 Å². The van der Waals surface area contributed by atoms with Crippen molar-refractivity contribution in [2.75, 3.05) is 6.54 Å². The normalized spacial score (nSPS) is 19.7. The van der Waals surface area contributed by atoms with Crippen LogP contribution in [0.1, 0.15) is 30.3 Å². The molecule has 1 aliphatic heterocycles. The van der Waals surface area contributed by atoms with Crippen LogP contribution >= 0.6 is 11.6 Å². The monoisotopic (exact) mass is 277 g/mol. The predicted molar refractivity (Wildman–Crippen MR) is 75.3 cm³/mol. The lowest BCUT2D eigenvalue weighted by Gasteiger charge is -2.25. The number of carbonyl (C=O) groups is 1. The van der Waals surface area contributed by atoms with Crippen LogP contribution in [-0.2, 0) is 10.7 Å². The molecule has 1 aromatic carbocycles. The van der Waals surface area contributed by atoms with Gasteiger partial charge in [0.2, 0.25) is 5.91 Å². The first kappa shape index (κ1) is 12.5. The van der Waals surface area contributed by atoms with Crippen molar-refractivity contribution in [1.29, 1.82) is 0 Å². The second-order valence-electron chi connectivity index (χ2n) is 4.92. The zero-order valence-electron chi connectivity index (χ0n) is 10.8. The van der Waals surface area contributed by atoms with Crippen LogP contribution in [0.15, 0.2) is 18.2 Å². The third-order valence-corrected chi connectivity index (χ3v) is 3.91. The van der Waals surface area contributed by atoms with Gasteiger partial charge < -0.3 is 9.88 Å². The highest BCUT2D eigenvalue weighted by atomic mass is 35.5. The first-order valence-corrected chi connectivity index (χ1v) is 7.06. The molecule has 1 aromatic heterocycles. The number of amides is 1. The van der Waals surface area contributed by atoms with E-state index in [2.05, 4.69) is 10.3 Å². The highest BCUT2D eigenvalue weighted by molar-refractivity contribution is 6.17. The standard InChI is InChI=1S/C14H16ClN3O/c1-9-4-2-5-10-13(9)18(12(8-15)17-10)11-6-3-7-16-14(11)19/h2,4-5,11H,3,6-8H2,1H3,(H,16,19). The predicted octanol–water partition coefficient (Wildman–Crippen LogP) is 2.53. The Hall–Kier alpha value is -1.55. The number of imidazole rings is 1. The Kier molecular flexibility index (Phi) is 3.19. The van der Waals surface area contributed by atoms with Crippen molar-refractivity contribution in [3.63, 3.8) is 0 Å². The lowest BCUT2D eigenvalue weighted by Crippen LogP contribution is -2.38. The van der Waals surface area contributed by atoms with Gasteiger partial charge in [0.1, 0.15) is 11.9 Å². The third-order valence-electron chi connectivity index (χ3n) is 3.67. The van der Waals surface area contributed by atoms with Crippen LogP contribution in [0.5, 0.6) is 0 Å². The number of benzene rings is 1. The molecule has 0 saturated carbocycles. The molecule has 2 heterocycles. The number of nitrogens with zero attached hydrogens (tertiary/aromatic N) is 2. The number of aryl methyl sites for hydroxylation is 1. The summed E-state index contributed by atoms with van der Waals surface area (Å²) in [6.07, 6.45) is 1.83. The van der Waals surface area contributed by atoms with Crippen molar-refractivity contribution in [1.82, 2.24) is 14.9 Å². The average molecular weight is 278 g/mol. The van der Waals surface area contributed by atoms with Crippen molar-refractivity contribution in [3.05, 3.63) is 29.6 Å². The Morgan fingerprint density at radius 3 is 3.11 bits per heavy atom. The Balaban J connectivity index is 2.22. The molecule has 0 bridgehead atoms. The van der Waals surface area contributed by atoms with Crippen LogP contribution in [0.4, 0.5) is 0 Å². The maximum absolute atomic E-state index is 12.1. The topological polar surface area (TPSA) is 46.9 Å². The van der Waals surface area contributed by atoms with Crippen molar-refractivity contribution in [3.8, 4) is 0 Å². The number of alkyl halides is 1. The van der Waals surface area contributed by atoms with E-state index in [0.717, 1.165) is 41.8 Å². The van der Waals surface area contributed by atoms with Crippen molar-refractivity contribution < 1.29 is 4.79 Å². The van der Waals surface area contributed by atoms with Crippen LogP contribution in [0.25, 0.3) is 11.0 Å². The van der Waals surface area contributed by atoms with Gasteiger partial charge in [0, 0.05) is 6.54 Å². The van der Waals surface area contributed by atoms with Gasteiger partial charge >= 0.3 is 0 Å². The zero-order chi connectivity index (χ0) is 13.4. The molecule has 1 N–H and O–H groups in total. The van der Waals surface area contributed by atoms with Gasteiger partial charge in [-0.1, -0.05) is 12.1 Å². The minimum atomic E-state index is -0.186. The molecule has 1 aliphatic rings. The number of hydrogen-bond acceptors (Lipinski definition) is 2. The summed E-state index contributed by atoms with van der Waals surface area (Å²) in [6, 6.07) is 5.80. The first-order valence-electron chi connectivity index (χ1n) is 6.52. The van der Waals surface area contributed by atoms with E-state index in [1.165, 1.54) is 0 Å². The smallest absolute Gasteiger partial charge is 0.243 e.